The highest BCUT2D eigenvalue weighted by Gasteiger charge is 2.30. The molecule has 162 valence electrons. The van der Waals surface area contributed by atoms with Gasteiger partial charge >= 0.3 is 6.09 Å². The summed E-state index contributed by atoms with van der Waals surface area (Å²) < 4.78 is 8.65. The average molecular weight is 423 g/mol. The topological polar surface area (TPSA) is 121 Å². The molecular weight excluding hydrogens is 398 g/mol. The Bertz CT molecular complexity index is 1240. The van der Waals surface area contributed by atoms with E-state index in [1.54, 1.807) is 11.0 Å². The number of aromatic amines is 1. The molecule has 1 fully saturated rings. The lowest BCUT2D eigenvalue weighted by molar-refractivity contribution is 0.0165. The number of imidazole rings is 1. The summed E-state index contributed by atoms with van der Waals surface area (Å²) in [4.78, 5) is 29.7. The lowest BCUT2D eigenvalue weighted by atomic mass is 10.1. The van der Waals surface area contributed by atoms with Gasteiger partial charge in [0.05, 0.1) is 11.7 Å². The van der Waals surface area contributed by atoms with Crippen LogP contribution in [0, 0.1) is 18.3 Å². The Hall–Kier alpha value is -3.61. The number of pyridine rings is 1. The molecule has 4 rings (SSSR count). The summed E-state index contributed by atoms with van der Waals surface area (Å²) in [6.45, 7) is 8.59. The first-order valence-corrected chi connectivity index (χ1v) is 10.2. The van der Waals surface area contributed by atoms with Gasteiger partial charge < -0.3 is 14.6 Å². The number of likely N-dealkylation sites (tertiary alicyclic amines) is 1. The third kappa shape index (κ3) is 3.91. The second kappa shape index (κ2) is 7.58. The summed E-state index contributed by atoms with van der Waals surface area (Å²) in [6, 6.07) is 5.20. The number of H-pyrrole nitrogens is 1. The lowest BCUT2D eigenvalue weighted by Gasteiger charge is -2.34. The van der Waals surface area contributed by atoms with E-state index in [-0.39, 0.29) is 23.4 Å². The smallest absolute Gasteiger partial charge is 0.410 e. The van der Waals surface area contributed by atoms with Crippen LogP contribution in [-0.2, 0) is 4.74 Å². The molecule has 10 heteroatoms. The summed E-state index contributed by atoms with van der Waals surface area (Å²) in [5.41, 5.74) is 1.94. The number of nitrogens with zero attached hydrogens (tertiary/aromatic N) is 6. The zero-order valence-electron chi connectivity index (χ0n) is 18.0. The van der Waals surface area contributed by atoms with Crippen LogP contribution >= 0.6 is 0 Å². The number of fused-ring (bicyclic) bond motifs is 1. The molecule has 1 amide bonds. The van der Waals surface area contributed by atoms with Gasteiger partial charge in [-0.25, -0.2) is 9.48 Å². The van der Waals surface area contributed by atoms with Crippen molar-refractivity contribution in [3.8, 4) is 17.3 Å². The molecule has 0 spiro atoms. The van der Waals surface area contributed by atoms with Gasteiger partial charge in [0.15, 0.2) is 0 Å². The fourth-order valence-corrected chi connectivity index (χ4v) is 3.95. The Kier molecular flexibility index (Phi) is 5.05. The first-order valence-electron chi connectivity index (χ1n) is 10.2. The van der Waals surface area contributed by atoms with Gasteiger partial charge in [0, 0.05) is 30.9 Å². The van der Waals surface area contributed by atoms with Crippen LogP contribution in [0.2, 0.25) is 0 Å². The standard InChI is InChI=1S/C21H25N7O3/c1-13-19(14-8-17-23-11-16(10-22)27(17)18(29)9-14)24-25-28(13)15-6-5-7-26(12-15)20(30)31-21(2,3)4/h8-9,11,15,23H,5-7,12H2,1-4H3/t15-/m1/s1. The lowest BCUT2D eigenvalue weighted by Crippen LogP contribution is -2.43. The van der Waals surface area contributed by atoms with Crippen LogP contribution in [0.15, 0.2) is 23.1 Å². The third-order valence-corrected chi connectivity index (χ3v) is 5.34. The van der Waals surface area contributed by atoms with Gasteiger partial charge in [-0.15, -0.1) is 5.10 Å². The molecule has 0 unspecified atom stereocenters. The predicted molar refractivity (Wildman–Crippen MR) is 113 cm³/mol. The van der Waals surface area contributed by atoms with E-state index in [1.165, 1.54) is 16.7 Å². The SMILES string of the molecule is Cc1c(-c2cc(=O)n3c(C#N)c[nH]c3c2)nnn1[C@@H]1CCCN(C(=O)OC(C)(C)C)C1. The molecule has 3 aromatic heterocycles. The summed E-state index contributed by atoms with van der Waals surface area (Å²) in [6.07, 6.45) is 2.88. The molecule has 0 radical (unpaired) electrons. The van der Waals surface area contributed by atoms with E-state index in [0.29, 0.717) is 30.0 Å². The number of amides is 1. The van der Waals surface area contributed by atoms with E-state index < -0.39 is 5.60 Å². The minimum absolute atomic E-state index is 0.0250. The largest absolute Gasteiger partial charge is 0.444 e. The van der Waals surface area contributed by atoms with Crippen molar-refractivity contribution in [2.75, 3.05) is 13.1 Å². The fourth-order valence-electron chi connectivity index (χ4n) is 3.95. The molecule has 1 atom stereocenters. The molecule has 0 aliphatic carbocycles. The van der Waals surface area contributed by atoms with Gasteiger partial charge in [0.2, 0.25) is 0 Å². The Balaban J connectivity index is 1.61. The Labute approximate surface area is 179 Å². The fraction of sp³-hybridized carbons (Fsp3) is 0.476. The van der Waals surface area contributed by atoms with E-state index in [2.05, 4.69) is 15.3 Å². The van der Waals surface area contributed by atoms with Gasteiger partial charge in [0.25, 0.3) is 5.56 Å². The van der Waals surface area contributed by atoms with Gasteiger partial charge in [-0.2, -0.15) is 5.26 Å². The number of hydrogen-bond acceptors (Lipinski definition) is 6. The van der Waals surface area contributed by atoms with E-state index >= 15 is 0 Å². The van der Waals surface area contributed by atoms with Gasteiger partial charge in [0.1, 0.15) is 28.7 Å². The van der Waals surface area contributed by atoms with Crippen LogP contribution in [0.5, 0.6) is 0 Å². The molecule has 1 aliphatic rings. The van der Waals surface area contributed by atoms with Crippen LogP contribution in [0.4, 0.5) is 4.79 Å². The van der Waals surface area contributed by atoms with Crippen LogP contribution in [0.3, 0.4) is 0 Å². The van der Waals surface area contributed by atoms with Crippen LogP contribution in [0.1, 0.15) is 51.0 Å². The van der Waals surface area contributed by atoms with Gasteiger partial charge in [-0.3, -0.25) is 9.20 Å². The van der Waals surface area contributed by atoms with Crippen molar-refractivity contribution in [3.05, 3.63) is 40.1 Å². The number of rotatable bonds is 2. The highest BCUT2D eigenvalue weighted by Crippen LogP contribution is 2.27. The van der Waals surface area contributed by atoms with Crippen molar-refractivity contribution in [3.63, 3.8) is 0 Å². The molecule has 4 heterocycles. The Morgan fingerprint density at radius 1 is 1.35 bits per heavy atom. The third-order valence-electron chi connectivity index (χ3n) is 5.34. The number of ether oxygens (including phenoxy) is 1. The highest BCUT2D eigenvalue weighted by molar-refractivity contribution is 5.68. The van der Waals surface area contributed by atoms with E-state index in [1.807, 2.05) is 38.4 Å². The minimum Gasteiger partial charge on any atom is -0.444 e. The van der Waals surface area contributed by atoms with E-state index in [4.69, 9.17) is 10.00 Å². The number of aromatic nitrogens is 5. The first kappa shape index (κ1) is 20.7. The van der Waals surface area contributed by atoms with Crippen LogP contribution in [-0.4, -0.2) is 54.1 Å². The maximum absolute atomic E-state index is 12.5. The highest BCUT2D eigenvalue weighted by atomic mass is 16.6. The Morgan fingerprint density at radius 3 is 2.84 bits per heavy atom. The van der Waals surface area contributed by atoms with E-state index in [0.717, 1.165) is 18.5 Å². The average Bonchev–Trinajstić information content (AvgIpc) is 3.30. The van der Waals surface area contributed by atoms with Crippen molar-refractivity contribution in [2.24, 2.45) is 0 Å². The molecule has 0 aromatic carbocycles. The predicted octanol–water partition coefficient (Wildman–Crippen LogP) is 2.64. The molecule has 1 saturated heterocycles. The van der Waals surface area contributed by atoms with Crippen molar-refractivity contribution in [1.82, 2.24) is 29.3 Å². The molecule has 0 bridgehead atoms. The zero-order chi connectivity index (χ0) is 22.3. The number of nitrogens with one attached hydrogen (secondary N) is 1. The van der Waals surface area contributed by atoms with E-state index in [9.17, 15) is 9.59 Å². The number of nitriles is 1. The minimum atomic E-state index is -0.545. The van der Waals surface area contributed by atoms with Crippen molar-refractivity contribution in [2.45, 2.75) is 52.2 Å². The van der Waals surface area contributed by atoms with Gasteiger partial charge in [-0.1, -0.05) is 5.21 Å². The van der Waals surface area contributed by atoms with Crippen molar-refractivity contribution < 1.29 is 9.53 Å². The summed E-state index contributed by atoms with van der Waals surface area (Å²) in [5, 5.41) is 17.8. The molecule has 3 aromatic rings. The number of carbonyl (C=O) groups is 1. The molecular formula is C21H25N7O3. The maximum Gasteiger partial charge on any atom is 0.410 e. The van der Waals surface area contributed by atoms with Crippen LogP contribution < -0.4 is 5.56 Å². The molecule has 10 nitrogen and oxygen atoms in total. The first-order chi connectivity index (χ1) is 14.7. The second-order valence-electron chi connectivity index (χ2n) is 8.78. The monoisotopic (exact) mass is 423 g/mol. The summed E-state index contributed by atoms with van der Waals surface area (Å²) in [7, 11) is 0. The zero-order valence-corrected chi connectivity index (χ0v) is 18.0. The number of carbonyl (C=O) groups excluding carboxylic acids is 1. The number of piperidine rings is 1. The molecule has 1 aliphatic heterocycles. The normalized spacial score (nSPS) is 17.0. The quantitative estimate of drug-likeness (QED) is 0.676. The van der Waals surface area contributed by atoms with Crippen LogP contribution in [0.25, 0.3) is 16.9 Å². The summed E-state index contributed by atoms with van der Waals surface area (Å²) in [5.74, 6) is 0. The summed E-state index contributed by atoms with van der Waals surface area (Å²) >= 11 is 0. The van der Waals surface area contributed by atoms with Crippen molar-refractivity contribution >= 4 is 11.7 Å². The van der Waals surface area contributed by atoms with Gasteiger partial charge in [-0.05, 0) is 46.6 Å². The maximum atomic E-state index is 12.5. The molecule has 31 heavy (non-hydrogen) atoms. The Morgan fingerprint density at radius 2 is 2.13 bits per heavy atom. The number of hydrogen-bond donors (Lipinski definition) is 1. The molecule has 0 saturated carbocycles. The van der Waals surface area contributed by atoms with Crippen molar-refractivity contribution in [1.29, 1.82) is 5.26 Å². The second-order valence-corrected chi connectivity index (χ2v) is 8.78. The molecule has 1 N–H and O–H groups in total.